The Morgan fingerprint density at radius 1 is 1.17 bits per heavy atom. The Morgan fingerprint density at radius 3 is 2.33 bits per heavy atom. The summed E-state index contributed by atoms with van der Waals surface area (Å²) in [6.45, 7) is 3.53. The fourth-order valence-electron chi connectivity index (χ4n) is 2.73. The van der Waals surface area contributed by atoms with Crippen LogP contribution in [0.25, 0.3) is 0 Å². The van der Waals surface area contributed by atoms with Crippen LogP contribution in [0.4, 0.5) is 13.2 Å². The van der Waals surface area contributed by atoms with Crippen LogP contribution in [-0.2, 0) is 12.7 Å². The van der Waals surface area contributed by atoms with E-state index in [1.165, 1.54) is 25.0 Å². The highest BCUT2D eigenvalue weighted by atomic mass is 19.4. The summed E-state index contributed by atoms with van der Waals surface area (Å²) >= 11 is 0. The first kappa shape index (κ1) is 18.6. The number of rotatable bonds is 4. The number of nitrogens with zero attached hydrogens (tertiary/aromatic N) is 2. The van der Waals surface area contributed by atoms with Gasteiger partial charge in [-0.2, -0.15) is 13.2 Å². The number of aliphatic imine (C=N–C) groups is 1. The molecule has 7 heteroatoms. The fourth-order valence-corrected chi connectivity index (χ4v) is 2.73. The summed E-state index contributed by atoms with van der Waals surface area (Å²) in [5.41, 5.74) is 0.154. The average molecular weight is 342 g/mol. The van der Waals surface area contributed by atoms with Crippen molar-refractivity contribution in [2.45, 2.75) is 25.6 Å². The lowest BCUT2D eigenvalue weighted by Gasteiger charge is -2.29. The van der Waals surface area contributed by atoms with E-state index < -0.39 is 11.7 Å². The van der Waals surface area contributed by atoms with Crippen LogP contribution in [0.5, 0.6) is 0 Å². The first-order valence-electron chi connectivity index (χ1n) is 8.17. The second-order valence-corrected chi connectivity index (χ2v) is 6.25. The SMILES string of the molecule is CN=C(NCc1ccc(C(F)(F)F)cc1)NCC1CCN(C)CC1. The Balaban J connectivity index is 1.77. The molecule has 134 valence electrons. The maximum Gasteiger partial charge on any atom is 0.416 e. The van der Waals surface area contributed by atoms with Crippen molar-refractivity contribution in [3.63, 3.8) is 0 Å². The van der Waals surface area contributed by atoms with E-state index in [2.05, 4.69) is 27.6 Å². The molecular weight excluding hydrogens is 317 g/mol. The van der Waals surface area contributed by atoms with Gasteiger partial charge in [-0.25, -0.2) is 0 Å². The highest BCUT2D eigenvalue weighted by Gasteiger charge is 2.29. The summed E-state index contributed by atoms with van der Waals surface area (Å²) in [5, 5.41) is 6.44. The number of piperidine rings is 1. The molecule has 0 spiro atoms. The molecule has 0 amide bonds. The minimum absolute atomic E-state index is 0.436. The van der Waals surface area contributed by atoms with Crippen LogP contribution in [0.3, 0.4) is 0 Å². The van der Waals surface area contributed by atoms with Gasteiger partial charge in [-0.1, -0.05) is 12.1 Å². The molecule has 0 aromatic heterocycles. The third-order valence-electron chi connectivity index (χ3n) is 4.36. The van der Waals surface area contributed by atoms with Crippen LogP contribution in [0.15, 0.2) is 29.3 Å². The Kier molecular flexibility index (Phi) is 6.48. The van der Waals surface area contributed by atoms with Crippen LogP contribution in [0.2, 0.25) is 0 Å². The molecule has 4 nitrogen and oxygen atoms in total. The third kappa shape index (κ3) is 5.70. The molecule has 0 radical (unpaired) electrons. The average Bonchev–Trinajstić information content (AvgIpc) is 2.56. The third-order valence-corrected chi connectivity index (χ3v) is 4.36. The van der Waals surface area contributed by atoms with Crippen LogP contribution in [0.1, 0.15) is 24.0 Å². The number of halogens is 3. The summed E-state index contributed by atoms with van der Waals surface area (Å²) in [6, 6.07) is 5.18. The van der Waals surface area contributed by atoms with Crippen molar-refractivity contribution >= 4 is 5.96 Å². The van der Waals surface area contributed by atoms with Crippen molar-refractivity contribution in [1.29, 1.82) is 0 Å². The highest BCUT2D eigenvalue weighted by Crippen LogP contribution is 2.29. The van der Waals surface area contributed by atoms with Gasteiger partial charge in [-0.05, 0) is 56.6 Å². The molecule has 1 aliphatic rings. The van der Waals surface area contributed by atoms with Crippen molar-refractivity contribution < 1.29 is 13.2 Å². The summed E-state index contributed by atoms with van der Waals surface area (Å²) in [6.07, 6.45) is -1.96. The molecule has 0 atom stereocenters. The molecule has 1 fully saturated rings. The second-order valence-electron chi connectivity index (χ2n) is 6.25. The molecule has 2 rings (SSSR count). The molecule has 0 bridgehead atoms. The number of nitrogens with one attached hydrogen (secondary N) is 2. The summed E-state index contributed by atoms with van der Waals surface area (Å²) in [4.78, 5) is 6.49. The molecular formula is C17H25F3N4. The zero-order valence-corrected chi connectivity index (χ0v) is 14.2. The molecule has 0 saturated carbocycles. The molecule has 2 N–H and O–H groups in total. The van der Waals surface area contributed by atoms with Crippen molar-refractivity contribution in [2.24, 2.45) is 10.9 Å². The standard InChI is InChI=1S/C17H25F3N4/c1-21-16(23-12-14-7-9-24(2)10-8-14)22-11-13-3-5-15(6-4-13)17(18,19)20/h3-6,14H,7-12H2,1-2H3,(H2,21,22,23). The fraction of sp³-hybridized carbons (Fsp3) is 0.588. The zero-order valence-electron chi connectivity index (χ0n) is 14.2. The van der Waals surface area contributed by atoms with E-state index in [9.17, 15) is 13.2 Å². The van der Waals surface area contributed by atoms with Gasteiger partial charge in [0, 0.05) is 20.1 Å². The van der Waals surface area contributed by atoms with Crippen molar-refractivity contribution in [2.75, 3.05) is 33.7 Å². The Hall–Kier alpha value is -1.76. The lowest BCUT2D eigenvalue weighted by atomic mass is 9.97. The van der Waals surface area contributed by atoms with E-state index in [1.807, 2.05) is 0 Å². The molecule has 1 heterocycles. The molecule has 1 saturated heterocycles. The molecule has 24 heavy (non-hydrogen) atoms. The van der Waals surface area contributed by atoms with Gasteiger partial charge in [0.1, 0.15) is 0 Å². The molecule has 1 aromatic carbocycles. The molecule has 1 aliphatic heterocycles. The summed E-state index contributed by atoms with van der Waals surface area (Å²) < 4.78 is 37.6. The van der Waals surface area contributed by atoms with Crippen LogP contribution in [0, 0.1) is 5.92 Å². The van der Waals surface area contributed by atoms with Gasteiger partial charge < -0.3 is 15.5 Å². The lowest BCUT2D eigenvalue weighted by Crippen LogP contribution is -2.42. The van der Waals surface area contributed by atoms with Gasteiger partial charge in [0.25, 0.3) is 0 Å². The smallest absolute Gasteiger partial charge is 0.356 e. The van der Waals surface area contributed by atoms with Gasteiger partial charge in [0.2, 0.25) is 0 Å². The number of likely N-dealkylation sites (tertiary alicyclic amines) is 1. The largest absolute Gasteiger partial charge is 0.416 e. The normalized spacial score (nSPS) is 17.8. The maximum atomic E-state index is 12.5. The Labute approximate surface area is 141 Å². The first-order chi connectivity index (χ1) is 11.4. The lowest BCUT2D eigenvalue weighted by molar-refractivity contribution is -0.137. The van der Waals surface area contributed by atoms with E-state index in [0.717, 1.165) is 37.3 Å². The van der Waals surface area contributed by atoms with E-state index in [1.54, 1.807) is 7.05 Å². The van der Waals surface area contributed by atoms with Gasteiger partial charge in [-0.15, -0.1) is 0 Å². The Bertz CT molecular complexity index is 532. The maximum absolute atomic E-state index is 12.5. The van der Waals surface area contributed by atoms with Crippen LogP contribution in [-0.4, -0.2) is 44.6 Å². The number of benzene rings is 1. The monoisotopic (exact) mass is 342 g/mol. The predicted molar refractivity (Wildman–Crippen MR) is 89.9 cm³/mol. The number of hydrogen-bond donors (Lipinski definition) is 2. The molecule has 0 aliphatic carbocycles. The van der Waals surface area contributed by atoms with Crippen molar-refractivity contribution in [3.05, 3.63) is 35.4 Å². The number of hydrogen-bond acceptors (Lipinski definition) is 2. The van der Waals surface area contributed by atoms with E-state index >= 15 is 0 Å². The minimum Gasteiger partial charge on any atom is -0.356 e. The quantitative estimate of drug-likeness (QED) is 0.653. The first-order valence-corrected chi connectivity index (χ1v) is 8.17. The van der Waals surface area contributed by atoms with E-state index in [-0.39, 0.29) is 0 Å². The number of guanidine groups is 1. The van der Waals surface area contributed by atoms with Gasteiger partial charge in [0.15, 0.2) is 5.96 Å². The summed E-state index contributed by atoms with van der Waals surface area (Å²) in [5.74, 6) is 1.31. The van der Waals surface area contributed by atoms with E-state index in [4.69, 9.17) is 0 Å². The van der Waals surface area contributed by atoms with E-state index in [0.29, 0.717) is 18.4 Å². The van der Waals surface area contributed by atoms with Crippen molar-refractivity contribution in [3.8, 4) is 0 Å². The van der Waals surface area contributed by atoms with Crippen LogP contribution < -0.4 is 10.6 Å². The van der Waals surface area contributed by atoms with Gasteiger partial charge in [-0.3, -0.25) is 4.99 Å². The highest BCUT2D eigenvalue weighted by molar-refractivity contribution is 5.79. The van der Waals surface area contributed by atoms with Gasteiger partial charge >= 0.3 is 6.18 Å². The van der Waals surface area contributed by atoms with Crippen LogP contribution >= 0.6 is 0 Å². The predicted octanol–water partition coefficient (Wildman–Crippen LogP) is 2.71. The number of alkyl halides is 3. The Morgan fingerprint density at radius 2 is 1.79 bits per heavy atom. The zero-order chi connectivity index (χ0) is 17.6. The summed E-state index contributed by atoms with van der Waals surface area (Å²) in [7, 11) is 3.82. The van der Waals surface area contributed by atoms with Crippen molar-refractivity contribution in [1.82, 2.24) is 15.5 Å². The topological polar surface area (TPSA) is 39.7 Å². The molecule has 0 unspecified atom stereocenters. The second kappa shape index (κ2) is 8.37. The van der Waals surface area contributed by atoms with Gasteiger partial charge in [0.05, 0.1) is 5.56 Å². The minimum atomic E-state index is -4.29. The molecule has 1 aromatic rings.